The van der Waals surface area contributed by atoms with Gasteiger partial charge in [0.25, 0.3) is 0 Å². The van der Waals surface area contributed by atoms with Crippen LogP contribution in [0.3, 0.4) is 0 Å². The van der Waals surface area contributed by atoms with Crippen LogP contribution < -0.4 is 5.32 Å². The second kappa shape index (κ2) is 9.89. The molecule has 1 N–H and O–H groups in total. The molecule has 3 fully saturated rings. The van der Waals surface area contributed by atoms with Gasteiger partial charge in [-0.05, 0) is 32.2 Å². The van der Waals surface area contributed by atoms with E-state index in [0.717, 1.165) is 38.5 Å². The molecule has 9 heteroatoms. The highest BCUT2D eigenvalue weighted by Crippen LogP contribution is 2.52. The molecule has 0 radical (unpaired) electrons. The first-order valence-electron chi connectivity index (χ1n) is 10.6. The minimum absolute atomic E-state index is 0. The topological polar surface area (TPSA) is 40.1 Å². The molecule has 2 heterocycles. The van der Waals surface area contributed by atoms with E-state index in [1.54, 1.807) is 6.92 Å². The van der Waals surface area contributed by atoms with Crippen LogP contribution in [0.25, 0.3) is 0 Å². The van der Waals surface area contributed by atoms with E-state index in [9.17, 15) is 13.2 Å². The smallest absolute Gasteiger partial charge is 0.377 e. The molecule has 1 aliphatic carbocycles. The summed E-state index contributed by atoms with van der Waals surface area (Å²) in [5.74, 6) is 1.67. The fraction of sp³-hybridized carbons (Fsp3) is 0.950. The summed E-state index contributed by atoms with van der Waals surface area (Å²) in [6.45, 7) is 11.5. The summed E-state index contributed by atoms with van der Waals surface area (Å²) in [5, 5.41) is 3.69. The van der Waals surface area contributed by atoms with Gasteiger partial charge in [0.15, 0.2) is 5.96 Å². The van der Waals surface area contributed by atoms with E-state index in [0.29, 0.717) is 37.7 Å². The highest BCUT2D eigenvalue weighted by molar-refractivity contribution is 14.0. The van der Waals surface area contributed by atoms with Gasteiger partial charge in [-0.15, -0.1) is 24.0 Å². The van der Waals surface area contributed by atoms with Crippen molar-refractivity contribution >= 4 is 29.9 Å². The van der Waals surface area contributed by atoms with Crippen molar-refractivity contribution in [1.82, 2.24) is 15.1 Å². The third kappa shape index (κ3) is 5.70. The number of nitrogens with zero attached hydrogens (tertiary/aromatic N) is 3. The minimum Gasteiger partial charge on any atom is -0.377 e. The van der Waals surface area contributed by atoms with Gasteiger partial charge >= 0.3 is 6.18 Å². The van der Waals surface area contributed by atoms with Crippen LogP contribution in [0.2, 0.25) is 0 Å². The van der Waals surface area contributed by atoms with Gasteiger partial charge in [0.05, 0.1) is 12.6 Å². The Morgan fingerprint density at radius 3 is 2.62 bits per heavy atom. The molecule has 1 saturated carbocycles. The summed E-state index contributed by atoms with van der Waals surface area (Å²) in [4.78, 5) is 8.44. The number of aliphatic imine (C=N–C) groups is 1. The van der Waals surface area contributed by atoms with Crippen molar-refractivity contribution < 1.29 is 17.9 Å². The lowest BCUT2D eigenvalue weighted by Crippen LogP contribution is -2.68. The molecule has 0 aromatic carbocycles. The van der Waals surface area contributed by atoms with E-state index >= 15 is 0 Å². The number of likely N-dealkylation sites (tertiary alicyclic amines) is 1. The van der Waals surface area contributed by atoms with Crippen LogP contribution in [0.5, 0.6) is 0 Å². The zero-order valence-corrected chi connectivity index (χ0v) is 20.3. The highest BCUT2D eigenvalue weighted by Gasteiger charge is 2.59. The molecule has 0 aromatic rings. The Labute approximate surface area is 189 Å². The van der Waals surface area contributed by atoms with Gasteiger partial charge in [-0.3, -0.25) is 9.89 Å². The first-order valence-corrected chi connectivity index (χ1v) is 10.6. The molecular formula is C20H36F3IN4O. The van der Waals surface area contributed by atoms with Gasteiger partial charge in [0.1, 0.15) is 0 Å². The standard InChI is InChI=1S/C20H35F3N4O.HI/c1-5-24-18(25-16-15-8-10-28-17(15)19(16,3)4)27-9-7-14(12-27)11-26(6-2)13-20(21,22)23;/h14-17H,5-13H2,1-4H3,(H,24,25);1H. The molecule has 0 amide bonds. The Morgan fingerprint density at radius 2 is 2.00 bits per heavy atom. The fourth-order valence-corrected chi connectivity index (χ4v) is 5.24. The lowest BCUT2D eigenvalue weighted by atomic mass is 9.57. The van der Waals surface area contributed by atoms with Crippen LogP contribution in [0, 0.1) is 17.3 Å². The van der Waals surface area contributed by atoms with Crippen molar-refractivity contribution in [3.8, 4) is 0 Å². The zero-order chi connectivity index (χ0) is 20.5. The predicted molar refractivity (Wildman–Crippen MR) is 120 cm³/mol. The van der Waals surface area contributed by atoms with Crippen LogP contribution in [0.4, 0.5) is 13.2 Å². The predicted octanol–water partition coefficient (Wildman–Crippen LogP) is 3.59. The van der Waals surface area contributed by atoms with Crippen molar-refractivity contribution in [2.75, 3.05) is 45.9 Å². The SMILES string of the molecule is CCN=C(NC1C2CCOC2C1(C)C)N1CCC(CN(CC)CC(F)(F)F)C1.I. The van der Waals surface area contributed by atoms with Gasteiger partial charge in [-0.2, -0.15) is 13.2 Å². The molecular weight excluding hydrogens is 496 g/mol. The van der Waals surface area contributed by atoms with Gasteiger partial charge in [0, 0.05) is 50.2 Å². The average Bonchev–Trinajstić information content (AvgIpc) is 3.25. The Hall–Kier alpha value is -0.290. The van der Waals surface area contributed by atoms with Gasteiger partial charge in [0.2, 0.25) is 0 Å². The monoisotopic (exact) mass is 532 g/mol. The maximum atomic E-state index is 12.7. The molecule has 0 spiro atoms. The number of nitrogens with one attached hydrogen (secondary N) is 1. The molecule has 3 rings (SSSR count). The van der Waals surface area contributed by atoms with Crippen LogP contribution in [0.1, 0.15) is 40.5 Å². The molecule has 5 nitrogen and oxygen atoms in total. The van der Waals surface area contributed by atoms with Crippen molar-refractivity contribution in [2.45, 2.75) is 58.9 Å². The lowest BCUT2D eigenvalue weighted by molar-refractivity contribution is -0.146. The van der Waals surface area contributed by atoms with Crippen molar-refractivity contribution in [1.29, 1.82) is 0 Å². The Bertz CT molecular complexity index is 572. The minimum atomic E-state index is -4.14. The summed E-state index contributed by atoms with van der Waals surface area (Å²) >= 11 is 0. The first kappa shape index (κ1) is 25.0. The van der Waals surface area contributed by atoms with E-state index in [1.807, 2.05) is 6.92 Å². The van der Waals surface area contributed by atoms with E-state index in [4.69, 9.17) is 9.73 Å². The third-order valence-corrected chi connectivity index (χ3v) is 6.64. The molecule has 2 saturated heterocycles. The van der Waals surface area contributed by atoms with E-state index < -0.39 is 12.7 Å². The van der Waals surface area contributed by atoms with Gasteiger partial charge < -0.3 is 15.0 Å². The molecule has 0 aromatic heterocycles. The number of guanidine groups is 1. The molecule has 4 unspecified atom stereocenters. The van der Waals surface area contributed by atoms with Crippen molar-refractivity contribution in [3.05, 3.63) is 0 Å². The summed E-state index contributed by atoms with van der Waals surface area (Å²) in [7, 11) is 0. The normalized spacial score (nSPS) is 31.4. The summed E-state index contributed by atoms with van der Waals surface area (Å²) in [5.41, 5.74) is 0.0700. The van der Waals surface area contributed by atoms with E-state index in [1.165, 1.54) is 4.90 Å². The second-order valence-electron chi connectivity index (χ2n) is 9.03. The Morgan fingerprint density at radius 1 is 1.28 bits per heavy atom. The summed E-state index contributed by atoms with van der Waals surface area (Å²) in [6.07, 6.45) is -1.83. The average molecular weight is 532 g/mol. The maximum Gasteiger partial charge on any atom is 0.401 e. The molecule has 170 valence electrons. The second-order valence-corrected chi connectivity index (χ2v) is 9.03. The number of halogens is 4. The number of hydrogen-bond donors (Lipinski definition) is 1. The molecule has 2 aliphatic heterocycles. The summed E-state index contributed by atoms with van der Waals surface area (Å²) in [6, 6.07) is 0.335. The van der Waals surface area contributed by atoms with Gasteiger partial charge in [-0.25, -0.2) is 0 Å². The Balaban J connectivity index is 0.00000300. The largest absolute Gasteiger partial charge is 0.401 e. The molecule has 4 atom stereocenters. The van der Waals surface area contributed by atoms with Crippen molar-refractivity contribution in [2.24, 2.45) is 22.2 Å². The van der Waals surface area contributed by atoms with Gasteiger partial charge in [-0.1, -0.05) is 20.8 Å². The number of hydrogen-bond acceptors (Lipinski definition) is 3. The number of alkyl halides is 3. The first-order chi connectivity index (χ1) is 13.2. The highest BCUT2D eigenvalue weighted by atomic mass is 127. The number of rotatable bonds is 6. The van der Waals surface area contributed by atoms with Crippen LogP contribution in [0.15, 0.2) is 4.99 Å². The van der Waals surface area contributed by atoms with E-state index in [2.05, 4.69) is 24.1 Å². The quantitative estimate of drug-likeness (QED) is 0.323. The van der Waals surface area contributed by atoms with Crippen LogP contribution in [-0.4, -0.2) is 80.0 Å². The molecule has 0 bridgehead atoms. The van der Waals surface area contributed by atoms with Crippen LogP contribution in [-0.2, 0) is 4.74 Å². The third-order valence-electron chi connectivity index (χ3n) is 6.64. The van der Waals surface area contributed by atoms with E-state index in [-0.39, 0.29) is 35.3 Å². The molecule has 3 aliphatic rings. The molecule has 29 heavy (non-hydrogen) atoms. The lowest BCUT2D eigenvalue weighted by Gasteiger charge is -2.55. The number of fused-ring (bicyclic) bond motifs is 1. The number of ether oxygens (including phenoxy) is 1. The Kier molecular flexibility index (Phi) is 8.52. The van der Waals surface area contributed by atoms with Crippen molar-refractivity contribution in [3.63, 3.8) is 0 Å². The zero-order valence-electron chi connectivity index (χ0n) is 18.0. The summed E-state index contributed by atoms with van der Waals surface area (Å²) < 4.78 is 44.1. The van der Waals surface area contributed by atoms with Crippen LogP contribution >= 0.6 is 24.0 Å². The maximum absolute atomic E-state index is 12.7. The fourth-order valence-electron chi connectivity index (χ4n) is 5.24.